The molecule has 3 heterocycles. The van der Waals surface area contributed by atoms with Gasteiger partial charge in [0, 0.05) is 22.2 Å². The molecule has 0 fully saturated rings. The standard InChI is InChI=1S/C18H15N3O2S2/c1-9-14(11-5-3-4-6-13(11)19-9)15(22)10(2)25-18-20-16(23)12-7-8-24-17(12)21-18/h3-8,10,19H,1-2H3,(H,20,21,23). The lowest BCUT2D eigenvalue weighted by Crippen LogP contribution is -2.16. The van der Waals surface area contributed by atoms with E-state index in [2.05, 4.69) is 15.0 Å². The number of rotatable bonds is 4. The fourth-order valence-electron chi connectivity index (χ4n) is 2.92. The number of carbonyl (C=O) groups is 1. The van der Waals surface area contributed by atoms with Crippen molar-refractivity contribution in [3.05, 3.63) is 57.3 Å². The molecule has 0 saturated heterocycles. The number of H-pyrrole nitrogens is 2. The topological polar surface area (TPSA) is 78.6 Å². The van der Waals surface area contributed by atoms with E-state index in [1.807, 2.05) is 43.5 Å². The summed E-state index contributed by atoms with van der Waals surface area (Å²) in [5, 5.41) is 3.45. The molecule has 0 aliphatic heterocycles. The Morgan fingerprint density at radius 1 is 1.20 bits per heavy atom. The largest absolute Gasteiger partial charge is 0.358 e. The van der Waals surface area contributed by atoms with Crippen LogP contribution in [0.25, 0.3) is 21.1 Å². The zero-order valence-electron chi connectivity index (χ0n) is 13.6. The molecular formula is C18H15N3O2S2. The maximum absolute atomic E-state index is 13.0. The van der Waals surface area contributed by atoms with Crippen LogP contribution in [0.5, 0.6) is 0 Å². The van der Waals surface area contributed by atoms with Crippen molar-refractivity contribution in [3.8, 4) is 0 Å². The molecule has 126 valence electrons. The molecule has 25 heavy (non-hydrogen) atoms. The summed E-state index contributed by atoms with van der Waals surface area (Å²) in [6.45, 7) is 3.75. The third-order valence-electron chi connectivity index (χ3n) is 4.11. The summed E-state index contributed by atoms with van der Waals surface area (Å²) in [4.78, 5) is 36.2. The number of hydrogen-bond donors (Lipinski definition) is 2. The minimum Gasteiger partial charge on any atom is -0.358 e. The Bertz CT molecular complexity index is 1160. The van der Waals surface area contributed by atoms with E-state index in [0.717, 1.165) is 16.6 Å². The van der Waals surface area contributed by atoms with Crippen LogP contribution in [-0.2, 0) is 0 Å². The van der Waals surface area contributed by atoms with Crippen molar-refractivity contribution in [1.82, 2.24) is 15.0 Å². The molecule has 0 amide bonds. The van der Waals surface area contributed by atoms with Gasteiger partial charge in [0.15, 0.2) is 10.9 Å². The fourth-order valence-corrected chi connectivity index (χ4v) is 4.60. The van der Waals surface area contributed by atoms with Gasteiger partial charge in [0.2, 0.25) is 0 Å². The average molecular weight is 369 g/mol. The van der Waals surface area contributed by atoms with Gasteiger partial charge >= 0.3 is 0 Å². The molecule has 3 aromatic heterocycles. The smallest absolute Gasteiger partial charge is 0.260 e. The van der Waals surface area contributed by atoms with E-state index in [-0.39, 0.29) is 16.6 Å². The van der Waals surface area contributed by atoms with Crippen LogP contribution < -0.4 is 5.56 Å². The number of thiophene rings is 1. The number of aromatic nitrogens is 3. The Morgan fingerprint density at radius 2 is 2.00 bits per heavy atom. The molecule has 4 aromatic rings. The van der Waals surface area contributed by atoms with Crippen LogP contribution in [0.15, 0.2) is 45.7 Å². The molecule has 4 rings (SSSR count). The molecule has 0 spiro atoms. The lowest BCUT2D eigenvalue weighted by Gasteiger charge is -2.10. The van der Waals surface area contributed by atoms with Crippen LogP contribution in [-0.4, -0.2) is 26.0 Å². The van der Waals surface area contributed by atoms with E-state index in [0.29, 0.717) is 20.9 Å². The number of ketones is 1. The normalized spacial score (nSPS) is 12.7. The highest BCUT2D eigenvalue weighted by atomic mass is 32.2. The van der Waals surface area contributed by atoms with Gasteiger partial charge in [-0.1, -0.05) is 30.0 Å². The van der Waals surface area contributed by atoms with Gasteiger partial charge < -0.3 is 9.97 Å². The van der Waals surface area contributed by atoms with Crippen molar-refractivity contribution in [2.75, 3.05) is 0 Å². The summed E-state index contributed by atoms with van der Waals surface area (Å²) in [6, 6.07) is 9.52. The number of aryl methyl sites for hydroxylation is 1. The molecular weight excluding hydrogens is 354 g/mol. The second-order valence-electron chi connectivity index (χ2n) is 5.81. The highest BCUT2D eigenvalue weighted by molar-refractivity contribution is 8.00. The summed E-state index contributed by atoms with van der Waals surface area (Å²) in [5.74, 6) is 0.0221. The van der Waals surface area contributed by atoms with Crippen LogP contribution in [0, 0.1) is 6.92 Å². The van der Waals surface area contributed by atoms with Gasteiger partial charge in [0.25, 0.3) is 5.56 Å². The summed E-state index contributed by atoms with van der Waals surface area (Å²) in [5.41, 5.74) is 2.34. The predicted octanol–water partition coefficient (Wildman–Crippen LogP) is 4.14. The Balaban J connectivity index is 1.67. The number of para-hydroxylation sites is 1. The number of benzene rings is 1. The summed E-state index contributed by atoms with van der Waals surface area (Å²) in [7, 11) is 0. The molecule has 0 aliphatic rings. The SMILES string of the molecule is Cc1[nH]c2ccccc2c1C(=O)C(C)Sc1nc2sccc2c(=O)[nH]1. The number of Topliss-reactive ketones (excluding diaryl/α,β-unsaturated/α-hetero) is 1. The van der Waals surface area contributed by atoms with E-state index in [1.165, 1.54) is 23.1 Å². The number of hydrogen-bond acceptors (Lipinski definition) is 5. The van der Waals surface area contributed by atoms with Crippen molar-refractivity contribution < 1.29 is 4.79 Å². The van der Waals surface area contributed by atoms with E-state index < -0.39 is 0 Å². The zero-order valence-corrected chi connectivity index (χ0v) is 15.3. The lowest BCUT2D eigenvalue weighted by atomic mass is 10.1. The molecule has 1 unspecified atom stereocenters. The second kappa shape index (κ2) is 6.16. The van der Waals surface area contributed by atoms with Crippen LogP contribution in [0.3, 0.4) is 0 Å². The number of aromatic amines is 2. The molecule has 5 nitrogen and oxygen atoms in total. The summed E-state index contributed by atoms with van der Waals surface area (Å²) >= 11 is 2.69. The quantitative estimate of drug-likeness (QED) is 0.322. The van der Waals surface area contributed by atoms with Gasteiger partial charge in [-0.15, -0.1) is 11.3 Å². The first-order valence-electron chi connectivity index (χ1n) is 7.80. The van der Waals surface area contributed by atoms with Crippen LogP contribution in [0.1, 0.15) is 23.0 Å². The van der Waals surface area contributed by atoms with E-state index in [1.54, 1.807) is 6.07 Å². The molecule has 0 saturated carbocycles. The first-order chi connectivity index (χ1) is 12.0. The van der Waals surface area contributed by atoms with Crippen LogP contribution in [0.2, 0.25) is 0 Å². The maximum Gasteiger partial charge on any atom is 0.260 e. The first kappa shape index (κ1) is 16.1. The Morgan fingerprint density at radius 3 is 2.84 bits per heavy atom. The number of carbonyl (C=O) groups excluding carboxylic acids is 1. The predicted molar refractivity (Wildman–Crippen MR) is 103 cm³/mol. The fraction of sp³-hybridized carbons (Fsp3) is 0.167. The molecule has 1 atom stereocenters. The Labute approximate surface area is 151 Å². The van der Waals surface area contributed by atoms with Crippen molar-refractivity contribution in [2.24, 2.45) is 0 Å². The number of thioether (sulfide) groups is 1. The highest BCUT2D eigenvalue weighted by Crippen LogP contribution is 2.29. The van der Waals surface area contributed by atoms with E-state index in [4.69, 9.17) is 0 Å². The first-order valence-corrected chi connectivity index (χ1v) is 9.56. The van der Waals surface area contributed by atoms with Crippen molar-refractivity contribution >= 4 is 50.0 Å². The molecule has 0 bridgehead atoms. The Hall–Kier alpha value is -2.38. The molecule has 0 aliphatic carbocycles. The Kier molecular flexibility index (Phi) is 3.97. The summed E-state index contributed by atoms with van der Waals surface area (Å²) in [6.07, 6.45) is 0. The minimum absolute atomic E-state index is 0.0221. The van der Waals surface area contributed by atoms with E-state index >= 15 is 0 Å². The van der Waals surface area contributed by atoms with Gasteiger partial charge in [-0.25, -0.2) is 4.98 Å². The number of nitrogens with one attached hydrogen (secondary N) is 2. The second-order valence-corrected chi connectivity index (χ2v) is 8.03. The number of nitrogens with zero attached hydrogens (tertiary/aromatic N) is 1. The van der Waals surface area contributed by atoms with Gasteiger partial charge in [-0.2, -0.15) is 0 Å². The molecule has 7 heteroatoms. The van der Waals surface area contributed by atoms with Gasteiger partial charge in [0.1, 0.15) is 4.83 Å². The van der Waals surface area contributed by atoms with Crippen LogP contribution >= 0.6 is 23.1 Å². The lowest BCUT2D eigenvalue weighted by molar-refractivity contribution is 0.0995. The third kappa shape index (κ3) is 2.79. The summed E-state index contributed by atoms with van der Waals surface area (Å²) < 4.78 is 0. The molecule has 0 radical (unpaired) electrons. The van der Waals surface area contributed by atoms with Gasteiger partial charge in [-0.05, 0) is 31.4 Å². The molecule has 1 aromatic carbocycles. The number of fused-ring (bicyclic) bond motifs is 2. The van der Waals surface area contributed by atoms with Crippen LogP contribution in [0.4, 0.5) is 0 Å². The van der Waals surface area contributed by atoms with Crippen molar-refractivity contribution in [2.45, 2.75) is 24.3 Å². The van der Waals surface area contributed by atoms with Crippen molar-refractivity contribution in [1.29, 1.82) is 0 Å². The monoisotopic (exact) mass is 369 g/mol. The third-order valence-corrected chi connectivity index (χ3v) is 5.90. The van der Waals surface area contributed by atoms with E-state index in [9.17, 15) is 9.59 Å². The van der Waals surface area contributed by atoms with Gasteiger partial charge in [0.05, 0.1) is 10.6 Å². The minimum atomic E-state index is -0.363. The van der Waals surface area contributed by atoms with Gasteiger partial charge in [-0.3, -0.25) is 9.59 Å². The molecule has 2 N–H and O–H groups in total. The average Bonchev–Trinajstić information content (AvgIpc) is 3.17. The highest BCUT2D eigenvalue weighted by Gasteiger charge is 2.23. The van der Waals surface area contributed by atoms with Crippen molar-refractivity contribution in [3.63, 3.8) is 0 Å². The maximum atomic E-state index is 13.0. The zero-order chi connectivity index (χ0) is 17.6.